The lowest BCUT2D eigenvalue weighted by Gasteiger charge is -2.13. The van der Waals surface area contributed by atoms with Crippen molar-refractivity contribution in [3.63, 3.8) is 0 Å². The van der Waals surface area contributed by atoms with Gasteiger partial charge in [-0.25, -0.2) is 4.79 Å². The second-order valence-electron chi connectivity index (χ2n) is 5.45. The van der Waals surface area contributed by atoms with E-state index in [-0.39, 0.29) is 0 Å². The van der Waals surface area contributed by atoms with Crippen LogP contribution in [0.3, 0.4) is 0 Å². The van der Waals surface area contributed by atoms with Gasteiger partial charge in [0.2, 0.25) is 5.91 Å². The van der Waals surface area contributed by atoms with Gasteiger partial charge in [-0.2, -0.15) is 0 Å². The molecule has 0 aliphatic heterocycles. The maximum absolute atomic E-state index is 12.0. The fourth-order valence-corrected chi connectivity index (χ4v) is 3.08. The number of rotatable bonds is 8. The highest BCUT2D eigenvalue weighted by molar-refractivity contribution is 8.00. The Morgan fingerprint density at radius 2 is 1.96 bits per heavy atom. The van der Waals surface area contributed by atoms with Crippen molar-refractivity contribution in [2.75, 3.05) is 20.8 Å². The molecule has 2 amide bonds. The van der Waals surface area contributed by atoms with Crippen LogP contribution >= 0.6 is 11.8 Å². The summed E-state index contributed by atoms with van der Waals surface area (Å²) in [5.74, 6) is 0.337. The molecule has 0 saturated carbocycles. The number of carbonyl (C=O) groups is 2. The van der Waals surface area contributed by atoms with Gasteiger partial charge in [-0.15, -0.1) is 10.2 Å². The summed E-state index contributed by atoms with van der Waals surface area (Å²) in [7, 11) is 2.83. The van der Waals surface area contributed by atoms with Crippen molar-refractivity contribution < 1.29 is 19.1 Å². The molecule has 140 valence electrons. The smallest absolute Gasteiger partial charge is 0.413 e. The van der Waals surface area contributed by atoms with Gasteiger partial charge in [-0.3, -0.25) is 10.1 Å². The maximum Gasteiger partial charge on any atom is 0.413 e. The van der Waals surface area contributed by atoms with Crippen LogP contribution in [-0.2, 0) is 27.2 Å². The Morgan fingerprint density at radius 3 is 2.62 bits per heavy atom. The molecule has 1 atom stereocenters. The van der Waals surface area contributed by atoms with Crippen LogP contribution in [-0.4, -0.2) is 52.8 Å². The van der Waals surface area contributed by atoms with Crippen LogP contribution in [0.5, 0.6) is 0 Å². The number of carbonyl (C=O) groups excluding carboxylic acids is 2. The highest BCUT2D eigenvalue weighted by atomic mass is 32.2. The Kier molecular flexibility index (Phi) is 7.61. The summed E-state index contributed by atoms with van der Waals surface area (Å²) in [5, 5.41) is 10.7. The highest BCUT2D eigenvalue weighted by Gasteiger charge is 2.21. The average molecular weight is 378 g/mol. The fourth-order valence-electron chi connectivity index (χ4n) is 2.19. The van der Waals surface area contributed by atoms with Gasteiger partial charge in [0.1, 0.15) is 5.82 Å². The zero-order valence-electron chi connectivity index (χ0n) is 15.0. The van der Waals surface area contributed by atoms with Gasteiger partial charge in [-0.1, -0.05) is 42.1 Å². The van der Waals surface area contributed by atoms with Crippen LogP contribution in [0.4, 0.5) is 4.79 Å². The molecule has 0 aliphatic rings. The molecule has 26 heavy (non-hydrogen) atoms. The number of benzene rings is 1. The number of amides is 2. The van der Waals surface area contributed by atoms with E-state index in [2.05, 4.69) is 20.3 Å². The third-order valence-corrected chi connectivity index (χ3v) is 4.66. The predicted octanol–water partition coefficient (Wildman–Crippen LogP) is 1.88. The van der Waals surface area contributed by atoms with Crippen molar-refractivity contribution in [2.45, 2.75) is 30.3 Å². The summed E-state index contributed by atoms with van der Waals surface area (Å²) in [5.41, 5.74) is 1.12. The van der Waals surface area contributed by atoms with E-state index in [0.717, 1.165) is 11.4 Å². The van der Waals surface area contributed by atoms with Gasteiger partial charge in [-0.05, 0) is 12.5 Å². The molecular weight excluding hydrogens is 356 g/mol. The number of thioether (sulfide) groups is 1. The average Bonchev–Trinajstić information content (AvgIpc) is 3.01. The quantitative estimate of drug-likeness (QED) is 0.701. The SMILES string of the molecule is COCCn1c(Cc2ccccc2)nnc1S[C@@H](C)C(=O)NC(=O)OC. The lowest BCUT2D eigenvalue weighted by molar-refractivity contribution is -0.119. The van der Waals surface area contributed by atoms with Crippen LogP contribution in [0, 0.1) is 0 Å². The van der Waals surface area contributed by atoms with Crippen molar-refractivity contribution in [2.24, 2.45) is 0 Å². The number of alkyl carbamates (subject to hydrolysis) is 1. The van der Waals surface area contributed by atoms with Crippen LogP contribution in [0.2, 0.25) is 0 Å². The molecular formula is C17H22N4O4S. The molecule has 2 aromatic rings. The summed E-state index contributed by atoms with van der Waals surface area (Å²) in [6.45, 7) is 2.75. The first-order valence-corrected chi connectivity index (χ1v) is 8.93. The molecule has 1 aromatic heterocycles. The zero-order chi connectivity index (χ0) is 18.9. The van der Waals surface area contributed by atoms with Gasteiger partial charge in [0, 0.05) is 20.1 Å². The number of nitrogens with zero attached hydrogens (tertiary/aromatic N) is 3. The van der Waals surface area contributed by atoms with Crippen molar-refractivity contribution in [3.05, 3.63) is 41.7 Å². The zero-order valence-corrected chi connectivity index (χ0v) is 15.8. The molecule has 0 bridgehead atoms. The van der Waals surface area contributed by atoms with Gasteiger partial charge < -0.3 is 14.0 Å². The molecule has 9 heteroatoms. The lowest BCUT2D eigenvalue weighted by atomic mass is 10.1. The Bertz CT molecular complexity index is 736. The van der Waals surface area contributed by atoms with Crippen molar-refractivity contribution >= 4 is 23.8 Å². The van der Waals surface area contributed by atoms with Gasteiger partial charge in [0.15, 0.2) is 5.16 Å². The molecule has 8 nitrogen and oxygen atoms in total. The summed E-state index contributed by atoms with van der Waals surface area (Å²) >= 11 is 1.23. The molecule has 0 aliphatic carbocycles. The van der Waals surface area contributed by atoms with E-state index >= 15 is 0 Å². The van der Waals surface area contributed by atoms with E-state index in [1.807, 2.05) is 34.9 Å². The molecule has 0 fully saturated rings. The molecule has 1 heterocycles. The van der Waals surface area contributed by atoms with Gasteiger partial charge in [0.05, 0.1) is 19.0 Å². The first-order chi connectivity index (χ1) is 12.5. The first-order valence-electron chi connectivity index (χ1n) is 8.05. The van der Waals surface area contributed by atoms with Gasteiger partial charge >= 0.3 is 6.09 Å². The summed E-state index contributed by atoms with van der Waals surface area (Å²) in [4.78, 5) is 23.2. The lowest BCUT2D eigenvalue weighted by Crippen LogP contribution is -2.36. The molecule has 0 spiro atoms. The number of aromatic nitrogens is 3. The number of nitrogens with one attached hydrogen (secondary N) is 1. The summed E-state index contributed by atoms with van der Waals surface area (Å²) in [6, 6.07) is 9.95. The Hall–Kier alpha value is -2.39. The molecule has 1 aromatic carbocycles. The predicted molar refractivity (Wildman–Crippen MR) is 97.0 cm³/mol. The van der Waals surface area contributed by atoms with E-state index in [0.29, 0.717) is 24.7 Å². The highest BCUT2D eigenvalue weighted by Crippen LogP contribution is 2.23. The van der Waals surface area contributed by atoms with Crippen molar-refractivity contribution in [1.29, 1.82) is 0 Å². The molecule has 0 unspecified atom stereocenters. The van der Waals surface area contributed by atoms with Crippen molar-refractivity contribution in [1.82, 2.24) is 20.1 Å². The minimum atomic E-state index is -0.784. The fraction of sp³-hybridized carbons (Fsp3) is 0.412. The van der Waals surface area contributed by atoms with E-state index in [1.165, 1.54) is 18.9 Å². The van der Waals surface area contributed by atoms with Crippen LogP contribution < -0.4 is 5.32 Å². The largest absolute Gasteiger partial charge is 0.453 e. The Balaban J connectivity index is 2.14. The monoisotopic (exact) mass is 378 g/mol. The first kappa shape index (κ1) is 19.9. The number of hydrogen-bond acceptors (Lipinski definition) is 7. The van der Waals surface area contributed by atoms with E-state index in [4.69, 9.17) is 4.74 Å². The molecule has 2 rings (SSSR count). The molecule has 0 radical (unpaired) electrons. The Labute approximate surface area is 156 Å². The topological polar surface area (TPSA) is 95.3 Å². The Morgan fingerprint density at radius 1 is 1.23 bits per heavy atom. The van der Waals surface area contributed by atoms with E-state index in [9.17, 15) is 9.59 Å². The minimum Gasteiger partial charge on any atom is -0.453 e. The molecule has 1 N–H and O–H groups in total. The van der Waals surface area contributed by atoms with E-state index in [1.54, 1.807) is 14.0 Å². The second kappa shape index (κ2) is 9.93. The molecule has 0 saturated heterocycles. The van der Waals surface area contributed by atoms with Gasteiger partial charge in [0.25, 0.3) is 0 Å². The number of methoxy groups -OCH3 is 2. The minimum absolute atomic E-state index is 0.451. The van der Waals surface area contributed by atoms with E-state index < -0.39 is 17.3 Å². The second-order valence-corrected chi connectivity index (χ2v) is 6.75. The van der Waals surface area contributed by atoms with Crippen molar-refractivity contribution in [3.8, 4) is 0 Å². The van der Waals surface area contributed by atoms with Crippen LogP contribution in [0.1, 0.15) is 18.3 Å². The third-order valence-electron chi connectivity index (χ3n) is 3.58. The number of hydrogen-bond donors (Lipinski definition) is 1. The number of ether oxygens (including phenoxy) is 2. The maximum atomic E-state index is 12.0. The van der Waals surface area contributed by atoms with Crippen LogP contribution in [0.25, 0.3) is 0 Å². The third kappa shape index (κ3) is 5.57. The standard InChI is InChI=1S/C17H22N4O4S/c1-12(15(22)18-17(23)25-3)26-16-20-19-14(21(16)9-10-24-2)11-13-7-5-4-6-8-13/h4-8,12H,9-11H2,1-3H3,(H,18,22,23)/t12-/m0/s1. The summed E-state index contributed by atoms with van der Waals surface area (Å²) < 4.78 is 11.5. The normalized spacial score (nSPS) is 11.8. The summed E-state index contributed by atoms with van der Waals surface area (Å²) in [6.07, 6.45) is -0.158. The van der Waals surface area contributed by atoms with Crippen LogP contribution in [0.15, 0.2) is 35.5 Å². The number of imide groups is 1.